The Balaban J connectivity index is 1.86. The highest BCUT2D eigenvalue weighted by atomic mass is 32.1. The van der Waals surface area contributed by atoms with Crippen LogP contribution in [0, 0.1) is 0 Å². The molecule has 1 saturated heterocycles. The zero-order valence-corrected chi connectivity index (χ0v) is 11.2. The fourth-order valence-electron chi connectivity index (χ4n) is 2.19. The summed E-state index contributed by atoms with van der Waals surface area (Å²) >= 11 is 1.54. The van der Waals surface area contributed by atoms with E-state index in [1.54, 1.807) is 16.8 Å². The third-order valence-electron chi connectivity index (χ3n) is 3.45. The lowest BCUT2D eigenvalue weighted by Gasteiger charge is -2.35. The first kappa shape index (κ1) is 12.5. The molecule has 94 valence electrons. The van der Waals surface area contributed by atoms with Gasteiger partial charge in [0.15, 0.2) is 0 Å². The number of nitrogens with zero attached hydrogens (tertiary/aromatic N) is 3. The van der Waals surface area contributed by atoms with Crippen molar-refractivity contribution in [3.8, 4) is 0 Å². The van der Waals surface area contributed by atoms with Crippen LogP contribution in [0.1, 0.15) is 18.5 Å². The van der Waals surface area contributed by atoms with E-state index in [0.29, 0.717) is 12.5 Å². The first-order chi connectivity index (χ1) is 8.16. The molecule has 0 aromatic carbocycles. The van der Waals surface area contributed by atoms with E-state index in [-0.39, 0.29) is 5.91 Å². The molecule has 1 aliphatic rings. The molecule has 0 radical (unpaired) electrons. The van der Waals surface area contributed by atoms with E-state index in [1.165, 1.54) is 0 Å². The summed E-state index contributed by atoms with van der Waals surface area (Å²) in [6, 6.07) is 0.400. The number of carbonyl (C=O) groups is 1. The molecule has 1 amide bonds. The number of likely N-dealkylation sites (N-methyl/N-ethyl adjacent to an activating group) is 1. The van der Waals surface area contributed by atoms with Crippen LogP contribution in [-0.2, 0) is 11.2 Å². The Labute approximate surface area is 106 Å². The lowest BCUT2D eigenvalue weighted by molar-refractivity contribution is -0.132. The van der Waals surface area contributed by atoms with Crippen LogP contribution in [0.2, 0.25) is 0 Å². The molecule has 0 spiro atoms. The van der Waals surface area contributed by atoms with Crippen molar-refractivity contribution in [1.82, 2.24) is 14.8 Å². The number of hydrogen-bond donors (Lipinski definition) is 0. The third kappa shape index (κ3) is 3.26. The number of thiazole rings is 1. The minimum atomic E-state index is 0.186. The zero-order chi connectivity index (χ0) is 12.3. The van der Waals surface area contributed by atoms with Gasteiger partial charge in [-0.15, -0.1) is 11.3 Å². The van der Waals surface area contributed by atoms with Crippen LogP contribution in [0.5, 0.6) is 0 Å². The highest BCUT2D eigenvalue weighted by Gasteiger charge is 2.24. The summed E-state index contributed by atoms with van der Waals surface area (Å²) in [6.45, 7) is 2.16. The van der Waals surface area contributed by atoms with Gasteiger partial charge in [-0.25, -0.2) is 4.98 Å². The Kier molecular flexibility index (Phi) is 4.12. The van der Waals surface area contributed by atoms with E-state index in [1.807, 2.05) is 17.3 Å². The van der Waals surface area contributed by atoms with Gasteiger partial charge in [0, 0.05) is 18.5 Å². The van der Waals surface area contributed by atoms with Crippen molar-refractivity contribution in [2.24, 2.45) is 0 Å². The maximum absolute atomic E-state index is 12.1. The molecule has 2 rings (SSSR count). The fourth-order valence-corrected chi connectivity index (χ4v) is 2.75. The average Bonchev–Trinajstić information content (AvgIpc) is 2.82. The van der Waals surface area contributed by atoms with Crippen molar-refractivity contribution in [1.29, 1.82) is 0 Å². The maximum Gasteiger partial charge on any atom is 0.228 e. The summed E-state index contributed by atoms with van der Waals surface area (Å²) in [4.78, 5) is 20.5. The molecular weight excluding hydrogens is 234 g/mol. The van der Waals surface area contributed by atoms with Crippen LogP contribution in [-0.4, -0.2) is 53.9 Å². The summed E-state index contributed by atoms with van der Waals surface area (Å²) < 4.78 is 0. The summed E-state index contributed by atoms with van der Waals surface area (Å²) in [6.07, 6.45) is 2.60. The minimum absolute atomic E-state index is 0.186. The molecule has 1 aliphatic heterocycles. The lowest BCUT2D eigenvalue weighted by atomic mass is 10.0. The second kappa shape index (κ2) is 5.60. The van der Waals surface area contributed by atoms with Gasteiger partial charge < -0.3 is 9.80 Å². The summed E-state index contributed by atoms with van der Waals surface area (Å²) in [5.41, 5.74) is 2.66. The van der Waals surface area contributed by atoms with Gasteiger partial charge in [-0.2, -0.15) is 0 Å². The SMILES string of the molecule is CN1CCC(N(C)C(=O)Cc2cscn2)CC1. The van der Waals surface area contributed by atoms with Gasteiger partial charge in [-0.3, -0.25) is 4.79 Å². The summed E-state index contributed by atoms with van der Waals surface area (Å²) in [5, 5.41) is 1.94. The Morgan fingerprint density at radius 1 is 1.59 bits per heavy atom. The van der Waals surface area contributed by atoms with E-state index < -0.39 is 0 Å². The standard InChI is InChI=1S/C12H19N3OS/c1-14-5-3-11(4-6-14)15(2)12(16)7-10-8-17-9-13-10/h8-9,11H,3-7H2,1-2H3. The predicted molar refractivity (Wildman–Crippen MR) is 69.1 cm³/mol. The number of likely N-dealkylation sites (tertiary alicyclic amines) is 1. The molecule has 0 bridgehead atoms. The first-order valence-corrected chi connectivity index (χ1v) is 6.92. The number of aromatic nitrogens is 1. The van der Waals surface area contributed by atoms with Crippen molar-refractivity contribution in [2.45, 2.75) is 25.3 Å². The Morgan fingerprint density at radius 2 is 2.29 bits per heavy atom. The van der Waals surface area contributed by atoms with Crippen molar-refractivity contribution in [2.75, 3.05) is 27.2 Å². The van der Waals surface area contributed by atoms with Gasteiger partial charge in [-0.05, 0) is 33.0 Å². The second-order valence-corrected chi connectivity index (χ2v) is 5.41. The monoisotopic (exact) mass is 253 g/mol. The van der Waals surface area contributed by atoms with E-state index in [9.17, 15) is 4.79 Å². The molecule has 0 saturated carbocycles. The van der Waals surface area contributed by atoms with Gasteiger partial charge in [-0.1, -0.05) is 0 Å². The topological polar surface area (TPSA) is 36.4 Å². The molecule has 1 fully saturated rings. The molecule has 4 nitrogen and oxygen atoms in total. The number of carbonyl (C=O) groups excluding carboxylic acids is 1. The van der Waals surface area contributed by atoms with Gasteiger partial charge in [0.05, 0.1) is 17.6 Å². The van der Waals surface area contributed by atoms with Gasteiger partial charge >= 0.3 is 0 Å². The number of hydrogen-bond acceptors (Lipinski definition) is 4. The van der Waals surface area contributed by atoms with E-state index in [4.69, 9.17) is 0 Å². The highest BCUT2D eigenvalue weighted by Crippen LogP contribution is 2.15. The van der Waals surface area contributed by atoms with Crippen LogP contribution >= 0.6 is 11.3 Å². The van der Waals surface area contributed by atoms with E-state index >= 15 is 0 Å². The third-order valence-corrected chi connectivity index (χ3v) is 4.08. The van der Waals surface area contributed by atoms with Gasteiger partial charge in [0.1, 0.15) is 0 Å². The van der Waals surface area contributed by atoms with E-state index in [0.717, 1.165) is 31.6 Å². The van der Waals surface area contributed by atoms with Crippen LogP contribution in [0.25, 0.3) is 0 Å². The minimum Gasteiger partial charge on any atom is -0.342 e. The number of rotatable bonds is 3. The average molecular weight is 253 g/mol. The van der Waals surface area contributed by atoms with Crippen molar-refractivity contribution in [3.63, 3.8) is 0 Å². The Hall–Kier alpha value is -0.940. The lowest BCUT2D eigenvalue weighted by Crippen LogP contribution is -2.45. The number of amides is 1. The fraction of sp³-hybridized carbons (Fsp3) is 0.667. The molecule has 0 N–H and O–H groups in total. The van der Waals surface area contributed by atoms with Crippen LogP contribution in [0.3, 0.4) is 0 Å². The van der Waals surface area contributed by atoms with Crippen molar-refractivity contribution >= 4 is 17.2 Å². The zero-order valence-electron chi connectivity index (χ0n) is 10.4. The molecule has 0 aliphatic carbocycles. The van der Waals surface area contributed by atoms with Crippen LogP contribution in [0.4, 0.5) is 0 Å². The first-order valence-electron chi connectivity index (χ1n) is 5.98. The second-order valence-electron chi connectivity index (χ2n) is 4.70. The molecule has 1 aromatic heterocycles. The molecular formula is C12H19N3OS. The molecule has 5 heteroatoms. The van der Waals surface area contributed by atoms with Crippen molar-refractivity contribution < 1.29 is 4.79 Å². The van der Waals surface area contributed by atoms with E-state index in [2.05, 4.69) is 16.9 Å². The molecule has 1 aromatic rings. The summed E-state index contributed by atoms with van der Waals surface area (Å²) in [7, 11) is 4.05. The number of piperidine rings is 1. The summed E-state index contributed by atoms with van der Waals surface area (Å²) in [5.74, 6) is 0.186. The normalized spacial score (nSPS) is 18.2. The molecule has 0 unspecified atom stereocenters. The maximum atomic E-state index is 12.1. The predicted octanol–water partition coefficient (Wildman–Crippen LogP) is 1.24. The Morgan fingerprint density at radius 3 is 2.88 bits per heavy atom. The van der Waals surface area contributed by atoms with Crippen molar-refractivity contribution in [3.05, 3.63) is 16.6 Å². The molecule has 0 atom stereocenters. The van der Waals surface area contributed by atoms with Gasteiger partial charge in [0.2, 0.25) is 5.91 Å². The smallest absolute Gasteiger partial charge is 0.228 e. The van der Waals surface area contributed by atoms with Crippen LogP contribution in [0.15, 0.2) is 10.9 Å². The quantitative estimate of drug-likeness (QED) is 0.813. The van der Waals surface area contributed by atoms with Crippen LogP contribution < -0.4 is 0 Å². The Bertz CT molecular complexity index is 358. The largest absolute Gasteiger partial charge is 0.342 e. The molecule has 17 heavy (non-hydrogen) atoms. The molecule has 2 heterocycles. The van der Waals surface area contributed by atoms with Gasteiger partial charge in [0.25, 0.3) is 0 Å². The highest BCUT2D eigenvalue weighted by molar-refractivity contribution is 7.07.